The molecule has 0 bridgehead atoms. The van der Waals surface area contributed by atoms with Gasteiger partial charge in [-0.3, -0.25) is 0 Å². The van der Waals surface area contributed by atoms with Crippen LogP contribution < -0.4 is 5.32 Å². The molecular weight excluding hydrogens is 248 g/mol. The Morgan fingerprint density at radius 1 is 1.22 bits per heavy atom. The summed E-state index contributed by atoms with van der Waals surface area (Å²) < 4.78 is 24.8. The van der Waals surface area contributed by atoms with Gasteiger partial charge in [0.1, 0.15) is 0 Å². The maximum atomic E-state index is 11.6. The normalized spacial score (nSPS) is 34.9. The molecule has 1 aliphatic carbocycles. The lowest BCUT2D eigenvalue weighted by Crippen LogP contribution is -2.39. The predicted octanol–water partition coefficient (Wildman–Crippen LogP) is 1.44. The van der Waals surface area contributed by atoms with E-state index < -0.39 is 10.0 Å². The predicted molar refractivity (Wildman–Crippen MR) is 73.9 cm³/mol. The molecule has 3 atom stereocenters. The molecule has 0 aromatic carbocycles. The van der Waals surface area contributed by atoms with Crippen LogP contribution in [0.4, 0.5) is 0 Å². The summed E-state index contributed by atoms with van der Waals surface area (Å²) in [5.41, 5.74) is 0. The summed E-state index contributed by atoms with van der Waals surface area (Å²) in [6.07, 6.45) is 8.63. The molecule has 0 radical (unpaired) electrons. The second-order valence-corrected chi connectivity index (χ2v) is 8.01. The molecule has 0 aromatic heterocycles. The highest BCUT2D eigenvalue weighted by Gasteiger charge is 2.30. The van der Waals surface area contributed by atoms with Crippen LogP contribution in [0.2, 0.25) is 0 Å². The molecule has 2 aliphatic rings. The molecule has 0 spiro atoms. The third-order valence-corrected chi connectivity index (χ3v) is 5.84. The average molecular weight is 274 g/mol. The van der Waals surface area contributed by atoms with E-state index in [2.05, 4.69) is 5.32 Å². The van der Waals surface area contributed by atoms with Crippen molar-refractivity contribution in [2.75, 3.05) is 26.4 Å². The van der Waals surface area contributed by atoms with Crippen molar-refractivity contribution in [3.05, 3.63) is 0 Å². The minimum Gasteiger partial charge on any atom is -0.317 e. The van der Waals surface area contributed by atoms with Gasteiger partial charge in [0.15, 0.2) is 0 Å². The average Bonchev–Trinajstić information content (AvgIpc) is 2.76. The third kappa shape index (κ3) is 3.68. The molecule has 3 unspecified atom stereocenters. The van der Waals surface area contributed by atoms with Gasteiger partial charge in [-0.2, -0.15) is 0 Å². The molecule has 4 nitrogen and oxygen atoms in total. The van der Waals surface area contributed by atoms with Gasteiger partial charge >= 0.3 is 0 Å². The minimum atomic E-state index is -2.99. The van der Waals surface area contributed by atoms with Gasteiger partial charge in [0, 0.05) is 19.1 Å². The second kappa shape index (κ2) is 5.88. The van der Waals surface area contributed by atoms with Gasteiger partial charge < -0.3 is 5.32 Å². The first-order chi connectivity index (χ1) is 8.49. The Hall–Kier alpha value is -0.130. The van der Waals surface area contributed by atoms with Gasteiger partial charge in [-0.15, -0.1) is 0 Å². The zero-order chi connectivity index (χ0) is 13.2. The molecule has 1 saturated heterocycles. The highest BCUT2D eigenvalue weighted by molar-refractivity contribution is 7.88. The smallest absolute Gasteiger partial charge is 0.211 e. The Bertz CT molecular complexity index is 369. The molecule has 5 heteroatoms. The van der Waals surface area contributed by atoms with E-state index in [0.29, 0.717) is 12.0 Å². The molecule has 18 heavy (non-hydrogen) atoms. The molecule has 1 N–H and O–H groups in total. The first-order valence-electron chi connectivity index (χ1n) is 7.11. The van der Waals surface area contributed by atoms with E-state index in [4.69, 9.17) is 0 Å². The number of nitrogens with one attached hydrogen (secondary N) is 1. The summed E-state index contributed by atoms with van der Waals surface area (Å²) in [5, 5.41) is 3.36. The zero-order valence-electron chi connectivity index (χ0n) is 11.6. The van der Waals surface area contributed by atoms with Crippen LogP contribution in [0.1, 0.15) is 38.5 Å². The Balaban J connectivity index is 1.83. The molecule has 2 fully saturated rings. The van der Waals surface area contributed by atoms with E-state index in [1.807, 2.05) is 7.05 Å². The standard InChI is InChI=1S/C13H26N2O2S/c1-14-13-6-5-11(9-13)8-12-4-3-7-15(10-12)18(2,16)17/h11-14H,3-10H2,1-2H3. The van der Waals surface area contributed by atoms with Crippen LogP contribution in [0.3, 0.4) is 0 Å². The lowest BCUT2D eigenvalue weighted by molar-refractivity contribution is 0.230. The molecule has 0 amide bonds. The van der Waals surface area contributed by atoms with Gasteiger partial charge in [-0.05, 0) is 57.4 Å². The summed E-state index contributed by atoms with van der Waals surface area (Å²) in [4.78, 5) is 0. The zero-order valence-corrected chi connectivity index (χ0v) is 12.4. The highest BCUT2D eigenvalue weighted by atomic mass is 32.2. The first kappa shape index (κ1) is 14.3. The minimum absolute atomic E-state index is 0.578. The number of piperidine rings is 1. The van der Waals surface area contributed by atoms with Crippen molar-refractivity contribution in [1.82, 2.24) is 9.62 Å². The van der Waals surface area contributed by atoms with E-state index in [9.17, 15) is 8.42 Å². The van der Waals surface area contributed by atoms with Gasteiger partial charge in [-0.25, -0.2) is 12.7 Å². The third-order valence-electron chi connectivity index (χ3n) is 4.57. The lowest BCUT2D eigenvalue weighted by Gasteiger charge is -2.32. The fourth-order valence-corrected chi connectivity index (χ4v) is 4.49. The Morgan fingerprint density at radius 2 is 2.00 bits per heavy atom. The topological polar surface area (TPSA) is 49.4 Å². The van der Waals surface area contributed by atoms with Crippen LogP contribution in [-0.2, 0) is 10.0 Å². The Labute approximate surface area is 111 Å². The van der Waals surface area contributed by atoms with E-state index in [-0.39, 0.29) is 0 Å². The monoisotopic (exact) mass is 274 g/mol. The molecular formula is C13H26N2O2S. The Morgan fingerprint density at radius 3 is 2.61 bits per heavy atom. The highest BCUT2D eigenvalue weighted by Crippen LogP contribution is 2.33. The van der Waals surface area contributed by atoms with Gasteiger partial charge in [0.2, 0.25) is 10.0 Å². The van der Waals surface area contributed by atoms with Crippen LogP contribution in [0.5, 0.6) is 0 Å². The van der Waals surface area contributed by atoms with E-state index >= 15 is 0 Å². The van der Waals surface area contributed by atoms with Crippen molar-refractivity contribution in [3.63, 3.8) is 0 Å². The van der Waals surface area contributed by atoms with Crippen molar-refractivity contribution in [3.8, 4) is 0 Å². The largest absolute Gasteiger partial charge is 0.317 e. The summed E-state index contributed by atoms with van der Waals surface area (Å²) in [6.45, 7) is 1.47. The maximum Gasteiger partial charge on any atom is 0.211 e. The van der Waals surface area contributed by atoms with Gasteiger partial charge in [0.05, 0.1) is 6.26 Å². The maximum absolute atomic E-state index is 11.6. The molecule has 2 rings (SSSR count). The summed E-state index contributed by atoms with van der Waals surface area (Å²) in [5.74, 6) is 1.38. The summed E-state index contributed by atoms with van der Waals surface area (Å²) in [7, 11) is -0.946. The number of hydrogen-bond acceptors (Lipinski definition) is 3. The number of rotatable bonds is 4. The summed E-state index contributed by atoms with van der Waals surface area (Å²) >= 11 is 0. The van der Waals surface area contributed by atoms with Crippen molar-refractivity contribution < 1.29 is 8.42 Å². The SMILES string of the molecule is CNC1CCC(CC2CCCN(S(C)(=O)=O)C2)C1. The van der Waals surface area contributed by atoms with Crippen LogP contribution in [-0.4, -0.2) is 45.2 Å². The number of nitrogens with zero attached hydrogens (tertiary/aromatic N) is 1. The quantitative estimate of drug-likeness (QED) is 0.844. The Kier molecular flexibility index (Phi) is 4.67. The van der Waals surface area contributed by atoms with Crippen LogP contribution in [0, 0.1) is 11.8 Å². The number of sulfonamides is 1. The van der Waals surface area contributed by atoms with Crippen molar-refractivity contribution >= 4 is 10.0 Å². The first-order valence-corrected chi connectivity index (χ1v) is 8.96. The summed E-state index contributed by atoms with van der Waals surface area (Å²) in [6, 6.07) is 0.685. The van der Waals surface area contributed by atoms with Crippen LogP contribution in [0.25, 0.3) is 0 Å². The fourth-order valence-electron chi connectivity index (χ4n) is 3.54. The van der Waals surface area contributed by atoms with E-state index in [1.165, 1.54) is 38.4 Å². The molecule has 1 saturated carbocycles. The van der Waals surface area contributed by atoms with Crippen molar-refractivity contribution in [2.45, 2.75) is 44.6 Å². The lowest BCUT2D eigenvalue weighted by atomic mass is 9.88. The van der Waals surface area contributed by atoms with Crippen molar-refractivity contribution in [1.29, 1.82) is 0 Å². The molecule has 1 aliphatic heterocycles. The van der Waals surface area contributed by atoms with E-state index in [1.54, 1.807) is 4.31 Å². The second-order valence-electron chi connectivity index (χ2n) is 6.03. The van der Waals surface area contributed by atoms with Gasteiger partial charge in [-0.1, -0.05) is 0 Å². The molecule has 106 valence electrons. The van der Waals surface area contributed by atoms with Crippen LogP contribution >= 0.6 is 0 Å². The fraction of sp³-hybridized carbons (Fsp3) is 1.00. The number of hydrogen-bond donors (Lipinski definition) is 1. The van der Waals surface area contributed by atoms with Crippen molar-refractivity contribution in [2.24, 2.45) is 11.8 Å². The van der Waals surface area contributed by atoms with E-state index in [0.717, 1.165) is 25.4 Å². The molecule has 0 aromatic rings. The molecule has 1 heterocycles. The van der Waals surface area contributed by atoms with Gasteiger partial charge in [0.25, 0.3) is 0 Å². The van der Waals surface area contributed by atoms with Crippen LogP contribution in [0.15, 0.2) is 0 Å².